The van der Waals surface area contributed by atoms with Crippen LogP contribution in [0.2, 0.25) is 5.02 Å². The van der Waals surface area contributed by atoms with Gasteiger partial charge in [-0.15, -0.1) is 0 Å². The van der Waals surface area contributed by atoms with Crippen LogP contribution in [0.1, 0.15) is 18.5 Å². The number of hydrogen-bond acceptors (Lipinski definition) is 5. The van der Waals surface area contributed by atoms with Crippen LogP contribution in [0.25, 0.3) is 0 Å². The molecule has 0 fully saturated rings. The molecule has 0 aliphatic rings. The Labute approximate surface area is 199 Å². The predicted octanol–water partition coefficient (Wildman–Crippen LogP) is 3.82. The lowest BCUT2D eigenvalue weighted by molar-refractivity contribution is -0.120. The number of rotatable bonds is 8. The molecule has 0 aromatic heterocycles. The fourth-order valence-corrected chi connectivity index (χ4v) is 5.33. The van der Waals surface area contributed by atoms with E-state index in [1.165, 1.54) is 36.4 Å². The first-order valence-corrected chi connectivity index (χ1v) is 13.6. The summed E-state index contributed by atoms with van der Waals surface area (Å²) in [6.45, 7) is 1.29. The second-order valence-corrected chi connectivity index (χ2v) is 11.7. The Morgan fingerprint density at radius 1 is 0.879 bits per heavy atom. The molecule has 0 bridgehead atoms. The van der Waals surface area contributed by atoms with Crippen molar-refractivity contribution in [1.29, 1.82) is 0 Å². The van der Waals surface area contributed by atoms with Crippen LogP contribution in [0, 0.1) is 0 Å². The molecule has 174 valence electrons. The molecular weight excluding hydrogens is 484 g/mol. The average Bonchev–Trinajstić information content (AvgIpc) is 2.77. The topological polar surface area (TPSA) is 101 Å². The molecular formula is C23H23ClN2O5S2. The highest BCUT2D eigenvalue weighted by Crippen LogP contribution is 2.25. The maximum absolute atomic E-state index is 13.3. The molecule has 3 aromatic carbocycles. The van der Waals surface area contributed by atoms with E-state index in [0.29, 0.717) is 16.3 Å². The van der Waals surface area contributed by atoms with Crippen molar-refractivity contribution in [3.63, 3.8) is 0 Å². The van der Waals surface area contributed by atoms with Crippen LogP contribution in [0.4, 0.5) is 5.69 Å². The van der Waals surface area contributed by atoms with Crippen molar-refractivity contribution in [2.45, 2.75) is 22.8 Å². The average molecular weight is 507 g/mol. The van der Waals surface area contributed by atoms with E-state index in [1.807, 2.05) is 0 Å². The van der Waals surface area contributed by atoms with E-state index < -0.39 is 38.4 Å². The number of sulfonamides is 1. The van der Waals surface area contributed by atoms with Crippen LogP contribution in [0.5, 0.6) is 0 Å². The van der Waals surface area contributed by atoms with Gasteiger partial charge in [0.2, 0.25) is 5.91 Å². The fraction of sp³-hybridized carbons (Fsp3) is 0.174. The standard InChI is InChI=1S/C23H23ClN2O5S2/c1-17(18-8-12-21(13-9-18)32(2,28)29)25-23(27)16-26(20-6-4-3-5-7-20)33(30,31)22-14-10-19(24)11-15-22/h3-15,17H,16H2,1-2H3,(H,25,27). The summed E-state index contributed by atoms with van der Waals surface area (Å²) >= 11 is 5.89. The lowest BCUT2D eigenvalue weighted by Crippen LogP contribution is -2.41. The van der Waals surface area contributed by atoms with E-state index in [4.69, 9.17) is 11.6 Å². The molecule has 7 nitrogen and oxygen atoms in total. The number of halogens is 1. The Kier molecular flexibility index (Phi) is 7.46. The van der Waals surface area contributed by atoms with Crippen molar-refractivity contribution in [1.82, 2.24) is 5.32 Å². The Bertz CT molecular complexity index is 1330. The molecule has 33 heavy (non-hydrogen) atoms. The number of benzene rings is 3. The summed E-state index contributed by atoms with van der Waals surface area (Å²) in [6, 6.07) is 19.7. The summed E-state index contributed by atoms with van der Waals surface area (Å²) < 4.78 is 50.9. The third-order valence-electron chi connectivity index (χ3n) is 4.92. The molecule has 0 spiro atoms. The maximum atomic E-state index is 13.3. The molecule has 1 unspecified atom stereocenters. The van der Waals surface area contributed by atoms with E-state index in [-0.39, 0.29) is 9.79 Å². The van der Waals surface area contributed by atoms with Gasteiger partial charge in [-0.1, -0.05) is 41.9 Å². The highest BCUT2D eigenvalue weighted by molar-refractivity contribution is 7.93. The zero-order valence-corrected chi connectivity index (χ0v) is 20.4. The molecule has 1 atom stereocenters. The number of anilines is 1. The Morgan fingerprint density at radius 3 is 1.97 bits per heavy atom. The zero-order chi connectivity index (χ0) is 24.2. The monoisotopic (exact) mass is 506 g/mol. The number of para-hydroxylation sites is 1. The minimum atomic E-state index is -4.04. The molecule has 1 amide bonds. The van der Waals surface area contributed by atoms with Gasteiger partial charge in [0.25, 0.3) is 10.0 Å². The quantitative estimate of drug-likeness (QED) is 0.500. The van der Waals surface area contributed by atoms with Gasteiger partial charge in [0.1, 0.15) is 6.54 Å². The Balaban J connectivity index is 1.83. The first-order chi connectivity index (χ1) is 15.5. The molecule has 0 aliphatic heterocycles. The smallest absolute Gasteiger partial charge is 0.264 e. The van der Waals surface area contributed by atoms with E-state index in [1.54, 1.807) is 49.4 Å². The van der Waals surface area contributed by atoms with E-state index in [9.17, 15) is 21.6 Å². The number of sulfone groups is 1. The SMILES string of the molecule is CC(NC(=O)CN(c1ccccc1)S(=O)(=O)c1ccc(Cl)cc1)c1ccc(S(C)(=O)=O)cc1. The molecule has 0 saturated heterocycles. The Morgan fingerprint density at radius 2 is 1.42 bits per heavy atom. The van der Waals surface area contributed by atoms with Gasteiger partial charge in [-0.3, -0.25) is 9.10 Å². The van der Waals surface area contributed by atoms with Crippen molar-refractivity contribution in [2.24, 2.45) is 0 Å². The van der Waals surface area contributed by atoms with Crippen molar-refractivity contribution in [2.75, 3.05) is 17.1 Å². The van der Waals surface area contributed by atoms with Crippen molar-refractivity contribution in [3.05, 3.63) is 89.4 Å². The summed E-state index contributed by atoms with van der Waals surface area (Å²) in [5, 5.41) is 3.17. The Hall–Kier alpha value is -2.88. The minimum Gasteiger partial charge on any atom is -0.348 e. The van der Waals surface area contributed by atoms with Gasteiger partial charge in [-0.2, -0.15) is 0 Å². The summed E-state index contributed by atoms with van der Waals surface area (Å²) in [6.07, 6.45) is 1.12. The highest BCUT2D eigenvalue weighted by Gasteiger charge is 2.27. The van der Waals surface area contributed by atoms with Crippen molar-refractivity contribution in [3.8, 4) is 0 Å². The number of amides is 1. The molecule has 3 rings (SSSR count). The number of nitrogens with zero attached hydrogens (tertiary/aromatic N) is 1. The largest absolute Gasteiger partial charge is 0.348 e. The zero-order valence-electron chi connectivity index (χ0n) is 18.0. The van der Waals surface area contributed by atoms with E-state index in [2.05, 4.69) is 5.32 Å². The van der Waals surface area contributed by atoms with Gasteiger partial charge in [-0.05, 0) is 61.0 Å². The lowest BCUT2D eigenvalue weighted by Gasteiger charge is -2.25. The minimum absolute atomic E-state index is 0.00738. The molecule has 0 aliphatic carbocycles. The predicted molar refractivity (Wildman–Crippen MR) is 129 cm³/mol. The molecule has 10 heteroatoms. The van der Waals surface area contributed by atoms with Gasteiger partial charge in [-0.25, -0.2) is 16.8 Å². The molecule has 0 saturated carbocycles. The van der Waals surface area contributed by atoms with Crippen LogP contribution < -0.4 is 9.62 Å². The number of nitrogens with one attached hydrogen (secondary N) is 1. The number of carbonyl (C=O) groups excluding carboxylic acids is 1. The first kappa shape index (κ1) is 24.8. The second kappa shape index (κ2) is 9.94. The van der Waals surface area contributed by atoms with Gasteiger partial charge in [0.05, 0.1) is 21.5 Å². The highest BCUT2D eigenvalue weighted by atomic mass is 35.5. The van der Waals surface area contributed by atoms with Crippen LogP contribution in [0.15, 0.2) is 88.7 Å². The van der Waals surface area contributed by atoms with E-state index in [0.717, 1.165) is 10.6 Å². The van der Waals surface area contributed by atoms with Crippen LogP contribution in [-0.4, -0.2) is 35.5 Å². The van der Waals surface area contributed by atoms with Crippen LogP contribution >= 0.6 is 11.6 Å². The normalized spacial score (nSPS) is 12.7. The lowest BCUT2D eigenvalue weighted by atomic mass is 10.1. The van der Waals surface area contributed by atoms with Crippen LogP contribution in [0.3, 0.4) is 0 Å². The van der Waals surface area contributed by atoms with Gasteiger partial charge in [0.15, 0.2) is 9.84 Å². The maximum Gasteiger partial charge on any atom is 0.264 e. The molecule has 3 aromatic rings. The molecule has 1 N–H and O–H groups in total. The third-order valence-corrected chi connectivity index (χ3v) is 8.09. The third kappa shape index (κ3) is 6.13. The molecule has 0 radical (unpaired) electrons. The molecule has 0 heterocycles. The van der Waals surface area contributed by atoms with E-state index >= 15 is 0 Å². The summed E-state index contributed by atoms with van der Waals surface area (Å²) in [7, 11) is -7.37. The summed E-state index contributed by atoms with van der Waals surface area (Å²) in [4.78, 5) is 13.0. The van der Waals surface area contributed by atoms with Crippen LogP contribution in [-0.2, 0) is 24.7 Å². The summed E-state index contributed by atoms with van der Waals surface area (Å²) in [5.74, 6) is -0.518. The van der Waals surface area contributed by atoms with Gasteiger partial charge < -0.3 is 5.32 Å². The number of hydrogen-bond donors (Lipinski definition) is 1. The fourth-order valence-electron chi connectivity index (χ4n) is 3.15. The second-order valence-electron chi connectivity index (χ2n) is 7.43. The van der Waals surface area contributed by atoms with Gasteiger partial charge >= 0.3 is 0 Å². The van der Waals surface area contributed by atoms with Crippen molar-refractivity contribution < 1.29 is 21.6 Å². The van der Waals surface area contributed by atoms with Gasteiger partial charge in [0, 0.05) is 11.3 Å². The number of carbonyl (C=O) groups is 1. The summed E-state index contributed by atoms with van der Waals surface area (Å²) in [5.41, 5.74) is 1.02. The van der Waals surface area contributed by atoms with Crippen molar-refractivity contribution >= 4 is 43.1 Å². The first-order valence-electron chi connectivity index (χ1n) is 9.91.